The summed E-state index contributed by atoms with van der Waals surface area (Å²) in [6, 6.07) is 3.52. The molecule has 2 aromatic rings. The molecule has 1 N–H and O–H groups in total. The summed E-state index contributed by atoms with van der Waals surface area (Å²) in [5.74, 6) is -2.22. The highest BCUT2D eigenvalue weighted by atomic mass is 19.1. The largest absolute Gasteiger partial charge is 0.477 e. The van der Waals surface area contributed by atoms with E-state index >= 15 is 0 Å². The first kappa shape index (κ1) is 12.2. The Bertz CT molecular complexity index is 588. The van der Waals surface area contributed by atoms with E-state index in [1.165, 1.54) is 10.6 Å². The Morgan fingerprint density at radius 2 is 2.00 bits per heavy atom. The van der Waals surface area contributed by atoms with Crippen LogP contribution in [0, 0.1) is 18.6 Å². The summed E-state index contributed by atoms with van der Waals surface area (Å²) in [4.78, 5) is 14.8. The van der Waals surface area contributed by atoms with Crippen molar-refractivity contribution < 1.29 is 18.7 Å². The molecule has 0 atom stereocenters. The average molecular weight is 252 g/mol. The molecule has 18 heavy (non-hydrogen) atoms. The smallest absolute Gasteiger partial charge is 0.354 e. The predicted molar refractivity (Wildman–Crippen MR) is 59.4 cm³/mol. The van der Waals surface area contributed by atoms with Crippen LogP contribution >= 0.6 is 0 Å². The summed E-state index contributed by atoms with van der Waals surface area (Å²) in [5.41, 5.74) is -0.281. The number of rotatable bonds is 3. The zero-order valence-electron chi connectivity index (χ0n) is 9.52. The second-order valence-electron chi connectivity index (χ2n) is 3.78. The maximum absolute atomic E-state index is 13.5. The molecule has 0 saturated heterocycles. The quantitative estimate of drug-likeness (QED) is 0.911. The van der Waals surface area contributed by atoms with Gasteiger partial charge in [0.2, 0.25) is 0 Å². The zero-order chi connectivity index (χ0) is 13.3. The number of aromatic nitrogens is 2. The molecule has 0 aliphatic rings. The van der Waals surface area contributed by atoms with Crippen molar-refractivity contribution in [3.8, 4) is 0 Å². The van der Waals surface area contributed by atoms with Crippen molar-refractivity contribution in [2.24, 2.45) is 0 Å². The van der Waals surface area contributed by atoms with Gasteiger partial charge in [0, 0.05) is 5.56 Å². The predicted octanol–water partition coefficient (Wildman–Crippen LogP) is 2.22. The van der Waals surface area contributed by atoms with Crippen LogP contribution < -0.4 is 0 Å². The van der Waals surface area contributed by atoms with E-state index in [1.54, 1.807) is 6.92 Å². The third kappa shape index (κ3) is 2.09. The monoisotopic (exact) mass is 252 g/mol. The number of carboxylic acid groups (broad SMARTS) is 1. The molecule has 6 heteroatoms. The second kappa shape index (κ2) is 4.56. The van der Waals surface area contributed by atoms with Crippen LogP contribution in [0.2, 0.25) is 0 Å². The van der Waals surface area contributed by atoms with Gasteiger partial charge in [-0.25, -0.2) is 18.6 Å². The topological polar surface area (TPSA) is 55.1 Å². The van der Waals surface area contributed by atoms with E-state index in [0.29, 0.717) is 5.82 Å². The molecule has 4 nitrogen and oxygen atoms in total. The van der Waals surface area contributed by atoms with Crippen LogP contribution in [-0.4, -0.2) is 20.6 Å². The van der Waals surface area contributed by atoms with E-state index < -0.39 is 17.6 Å². The number of aromatic carboxylic acids is 1. The minimum absolute atomic E-state index is 0.102. The Hall–Kier alpha value is -2.24. The first-order chi connectivity index (χ1) is 8.50. The van der Waals surface area contributed by atoms with E-state index in [-0.39, 0.29) is 17.8 Å². The van der Waals surface area contributed by atoms with Crippen LogP contribution in [0.3, 0.4) is 0 Å². The van der Waals surface area contributed by atoms with Gasteiger partial charge in [0.1, 0.15) is 23.2 Å². The van der Waals surface area contributed by atoms with Gasteiger partial charge in [0.15, 0.2) is 0 Å². The van der Waals surface area contributed by atoms with Crippen LogP contribution in [0.5, 0.6) is 0 Å². The number of aryl methyl sites for hydroxylation is 1. The Morgan fingerprint density at radius 3 is 2.56 bits per heavy atom. The molecule has 0 unspecified atom stereocenters. The SMILES string of the molecule is Cc1ncc(C(=O)O)n1Cc1c(F)cccc1F. The van der Waals surface area contributed by atoms with Crippen molar-refractivity contribution in [1.29, 1.82) is 0 Å². The highest BCUT2D eigenvalue weighted by molar-refractivity contribution is 5.85. The van der Waals surface area contributed by atoms with Crippen LogP contribution in [0.4, 0.5) is 8.78 Å². The highest BCUT2D eigenvalue weighted by Crippen LogP contribution is 2.16. The van der Waals surface area contributed by atoms with Gasteiger partial charge in [-0.05, 0) is 19.1 Å². The lowest BCUT2D eigenvalue weighted by molar-refractivity contribution is 0.0685. The second-order valence-corrected chi connectivity index (χ2v) is 3.78. The van der Waals surface area contributed by atoms with Crippen molar-refractivity contribution in [2.75, 3.05) is 0 Å². The van der Waals surface area contributed by atoms with Crippen LogP contribution in [-0.2, 0) is 6.54 Å². The molecule has 0 radical (unpaired) electrons. The van der Waals surface area contributed by atoms with Crippen molar-refractivity contribution in [3.63, 3.8) is 0 Å². The fourth-order valence-corrected chi connectivity index (χ4v) is 1.68. The molecule has 0 saturated carbocycles. The Morgan fingerprint density at radius 1 is 1.39 bits per heavy atom. The maximum atomic E-state index is 13.5. The fraction of sp³-hybridized carbons (Fsp3) is 0.167. The number of carboxylic acids is 1. The molecule has 1 aromatic carbocycles. The van der Waals surface area contributed by atoms with E-state index in [2.05, 4.69) is 4.98 Å². The number of imidazole rings is 1. The first-order valence-corrected chi connectivity index (χ1v) is 5.19. The van der Waals surface area contributed by atoms with E-state index in [0.717, 1.165) is 18.3 Å². The third-order valence-electron chi connectivity index (χ3n) is 2.65. The molecule has 0 amide bonds. The Kier molecular flexibility index (Phi) is 3.10. The Labute approximate surface area is 102 Å². The minimum atomic E-state index is -1.19. The van der Waals surface area contributed by atoms with E-state index in [9.17, 15) is 13.6 Å². The van der Waals surface area contributed by atoms with Gasteiger partial charge in [0.25, 0.3) is 0 Å². The van der Waals surface area contributed by atoms with Crippen molar-refractivity contribution >= 4 is 5.97 Å². The molecule has 2 rings (SSSR count). The van der Waals surface area contributed by atoms with Gasteiger partial charge >= 0.3 is 5.97 Å². The summed E-state index contributed by atoms with van der Waals surface area (Å²) < 4.78 is 28.2. The highest BCUT2D eigenvalue weighted by Gasteiger charge is 2.16. The minimum Gasteiger partial charge on any atom is -0.477 e. The van der Waals surface area contributed by atoms with Crippen molar-refractivity contribution in [2.45, 2.75) is 13.5 Å². The van der Waals surface area contributed by atoms with Crippen molar-refractivity contribution in [3.05, 3.63) is 53.1 Å². The van der Waals surface area contributed by atoms with E-state index in [4.69, 9.17) is 5.11 Å². The van der Waals surface area contributed by atoms with Crippen LogP contribution in [0.1, 0.15) is 21.9 Å². The molecule has 0 aliphatic carbocycles. The lowest BCUT2D eigenvalue weighted by Crippen LogP contribution is -2.13. The maximum Gasteiger partial charge on any atom is 0.354 e. The molecule has 1 aromatic heterocycles. The Balaban J connectivity index is 2.46. The van der Waals surface area contributed by atoms with Gasteiger partial charge in [-0.15, -0.1) is 0 Å². The molecule has 0 fully saturated rings. The number of nitrogens with zero attached hydrogens (tertiary/aromatic N) is 2. The lowest BCUT2D eigenvalue weighted by Gasteiger charge is -2.09. The molecule has 1 heterocycles. The molecular weight excluding hydrogens is 242 g/mol. The van der Waals surface area contributed by atoms with Gasteiger partial charge in [-0.2, -0.15) is 0 Å². The average Bonchev–Trinajstić information content (AvgIpc) is 2.66. The number of benzene rings is 1. The molecule has 94 valence electrons. The number of hydrogen-bond donors (Lipinski definition) is 1. The summed E-state index contributed by atoms with van der Waals surface area (Å²) in [5, 5.41) is 8.95. The normalized spacial score (nSPS) is 10.6. The standard InChI is InChI=1S/C12H10F2N2O2/c1-7-15-5-11(12(17)18)16(7)6-8-9(13)3-2-4-10(8)14/h2-5H,6H2,1H3,(H,17,18). The zero-order valence-corrected chi connectivity index (χ0v) is 9.52. The summed E-state index contributed by atoms with van der Waals surface area (Å²) in [7, 11) is 0. The van der Waals surface area contributed by atoms with Gasteiger partial charge < -0.3 is 9.67 Å². The molecule has 0 spiro atoms. The van der Waals surface area contributed by atoms with Gasteiger partial charge in [0.05, 0.1) is 12.7 Å². The molecule has 0 aliphatic heterocycles. The van der Waals surface area contributed by atoms with E-state index in [1.807, 2.05) is 0 Å². The van der Waals surface area contributed by atoms with Crippen LogP contribution in [0.25, 0.3) is 0 Å². The van der Waals surface area contributed by atoms with Crippen molar-refractivity contribution in [1.82, 2.24) is 9.55 Å². The number of carbonyl (C=O) groups is 1. The summed E-state index contributed by atoms with van der Waals surface area (Å²) >= 11 is 0. The van der Waals surface area contributed by atoms with Gasteiger partial charge in [-0.3, -0.25) is 0 Å². The molecular formula is C12H10F2N2O2. The number of hydrogen-bond acceptors (Lipinski definition) is 2. The van der Waals surface area contributed by atoms with Gasteiger partial charge in [-0.1, -0.05) is 6.07 Å². The first-order valence-electron chi connectivity index (χ1n) is 5.19. The number of halogens is 2. The molecule has 0 bridgehead atoms. The van der Waals surface area contributed by atoms with Crippen LogP contribution in [0.15, 0.2) is 24.4 Å². The fourth-order valence-electron chi connectivity index (χ4n) is 1.68. The summed E-state index contributed by atoms with van der Waals surface area (Å²) in [6.45, 7) is 1.37. The lowest BCUT2D eigenvalue weighted by atomic mass is 10.2. The summed E-state index contributed by atoms with van der Waals surface area (Å²) in [6.07, 6.45) is 1.16. The third-order valence-corrected chi connectivity index (χ3v) is 2.65.